The standard InChI is InChI=1S/C21H18N2O5/c24-14-10-8-13(9-11-14)15-12-20(26)22(18-6-3-7-19(25)21(15)18)16-4-1-2-5-17(16)23(27)28/h1-2,4-5,8-11,15,24H,3,6-7,12H2. The Bertz CT molecular complexity index is 1010. The van der Waals surface area contributed by atoms with Crippen LogP contribution in [0, 0.1) is 10.1 Å². The number of hydrogen-bond acceptors (Lipinski definition) is 5. The van der Waals surface area contributed by atoms with Crippen molar-refractivity contribution in [3.63, 3.8) is 0 Å². The number of anilines is 1. The van der Waals surface area contributed by atoms with Crippen LogP contribution in [0.2, 0.25) is 0 Å². The number of phenolic OH excluding ortho intramolecular Hbond substituents is 1. The van der Waals surface area contributed by atoms with Crippen LogP contribution in [0.25, 0.3) is 0 Å². The van der Waals surface area contributed by atoms with Gasteiger partial charge in [-0.25, -0.2) is 0 Å². The molecule has 2 aromatic rings. The third-order valence-electron chi connectivity index (χ3n) is 5.29. The predicted molar refractivity (Wildman–Crippen MR) is 102 cm³/mol. The van der Waals surface area contributed by atoms with Crippen molar-refractivity contribution in [2.24, 2.45) is 0 Å². The highest BCUT2D eigenvalue weighted by Gasteiger charge is 2.41. The molecule has 1 aliphatic heterocycles. The summed E-state index contributed by atoms with van der Waals surface area (Å²) in [7, 11) is 0. The number of phenols is 1. The highest BCUT2D eigenvalue weighted by molar-refractivity contribution is 6.08. The van der Waals surface area contributed by atoms with Crippen LogP contribution < -0.4 is 4.90 Å². The van der Waals surface area contributed by atoms with Crippen LogP contribution >= 0.6 is 0 Å². The summed E-state index contributed by atoms with van der Waals surface area (Å²) in [5, 5.41) is 21.0. The first-order chi connectivity index (χ1) is 13.5. The average molecular weight is 378 g/mol. The van der Waals surface area contributed by atoms with E-state index in [1.807, 2.05) is 0 Å². The van der Waals surface area contributed by atoms with E-state index in [0.717, 1.165) is 5.56 Å². The largest absolute Gasteiger partial charge is 0.508 e. The summed E-state index contributed by atoms with van der Waals surface area (Å²) in [4.78, 5) is 38.2. The van der Waals surface area contributed by atoms with Crippen molar-refractivity contribution in [1.82, 2.24) is 0 Å². The summed E-state index contributed by atoms with van der Waals surface area (Å²) in [5.74, 6) is -0.609. The molecule has 28 heavy (non-hydrogen) atoms. The Morgan fingerprint density at radius 2 is 1.75 bits per heavy atom. The van der Waals surface area contributed by atoms with Gasteiger partial charge in [-0.2, -0.15) is 0 Å². The fourth-order valence-electron chi connectivity index (χ4n) is 4.07. The van der Waals surface area contributed by atoms with E-state index >= 15 is 0 Å². The summed E-state index contributed by atoms with van der Waals surface area (Å²) in [6.45, 7) is 0. The van der Waals surface area contributed by atoms with E-state index in [0.29, 0.717) is 30.5 Å². The molecule has 0 spiro atoms. The van der Waals surface area contributed by atoms with Crippen molar-refractivity contribution < 1.29 is 19.6 Å². The monoisotopic (exact) mass is 378 g/mol. The molecule has 1 unspecified atom stereocenters. The molecule has 142 valence electrons. The first-order valence-corrected chi connectivity index (χ1v) is 9.09. The van der Waals surface area contributed by atoms with E-state index in [9.17, 15) is 24.8 Å². The Morgan fingerprint density at radius 3 is 2.46 bits per heavy atom. The molecule has 0 saturated carbocycles. The summed E-state index contributed by atoms with van der Waals surface area (Å²) in [6.07, 6.45) is 1.55. The van der Waals surface area contributed by atoms with Gasteiger partial charge >= 0.3 is 0 Å². The number of hydrogen-bond donors (Lipinski definition) is 1. The van der Waals surface area contributed by atoms with Crippen LogP contribution in [0.15, 0.2) is 59.8 Å². The highest BCUT2D eigenvalue weighted by Crippen LogP contribution is 2.45. The lowest BCUT2D eigenvalue weighted by Gasteiger charge is -2.38. The van der Waals surface area contributed by atoms with Gasteiger partial charge in [0.05, 0.1) is 4.92 Å². The fraction of sp³-hybridized carbons (Fsp3) is 0.238. The molecule has 1 aliphatic carbocycles. The molecule has 7 nitrogen and oxygen atoms in total. The summed E-state index contributed by atoms with van der Waals surface area (Å²) in [5.41, 5.74) is 1.92. The van der Waals surface area contributed by atoms with Crippen LogP contribution in [-0.2, 0) is 9.59 Å². The van der Waals surface area contributed by atoms with Gasteiger partial charge in [0.15, 0.2) is 5.78 Å². The topological polar surface area (TPSA) is 101 Å². The molecule has 1 N–H and O–H groups in total. The van der Waals surface area contributed by atoms with E-state index in [2.05, 4.69) is 0 Å². The first-order valence-electron chi connectivity index (χ1n) is 9.09. The van der Waals surface area contributed by atoms with Crippen molar-refractivity contribution in [2.45, 2.75) is 31.6 Å². The van der Waals surface area contributed by atoms with E-state index in [1.165, 1.54) is 23.1 Å². The second kappa shape index (κ2) is 6.92. The number of carbonyl (C=O) groups is 2. The van der Waals surface area contributed by atoms with Crippen molar-refractivity contribution in [3.05, 3.63) is 75.5 Å². The Balaban J connectivity index is 1.89. The number of nitro benzene ring substituents is 1. The number of aromatic hydroxyl groups is 1. The number of carbonyl (C=O) groups excluding carboxylic acids is 2. The van der Waals surface area contributed by atoms with Gasteiger partial charge in [0.1, 0.15) is 11.4 Å². The predicted octanol–water partition coefficient (Wildman–Crippen LogP) is 3.83. The SMILES string of the molecule is O=C1CCCC2=C1C(c1ccc(O)cc1)CC(=O)N2c1ccccc1[N+](=O)[O-]. The van der Waals surface area contributed by atoms with Crippen molar-refractivity contribution in [2.75, 3.05) is 4.90 Å². The summed E-state index contributed by atoms with van der Waals surface area (Å²) < 4.78 is 0. The number of nitro groups is 1. The van der Waals surface area contributed by atoms with Gasteiger partial charge in [-0.1, -0.05) is 24.3 Å². The maximum atomic E-state index is 13.1. The number of allylic oxidation sites excluding steroid dienone is 2. The molecule has 1 atom stereocenters. The second-order valence-corrected chi connectivity index (χ2v) is 6.96. The zero-order valence-corrected chi connectivity index (χ0v) is 15.0. The normalized spacial score (nSPS) is 19.6. The molecule has 0 bridgehead atoms. The molecule has 1 heterocycles. The maximum Gasteiger partial charge on any atom is 0.293 e. The van der Waals surface area contributed by atoms with Crippen LogP contribution in [0.3, 0.4) is 0 Å². The summed E-state index contributed by atoms with van der Waals surface area (Å²) in [6, 6.07) is 12.6. The number of amides is 1. The highest BCUT2D eigenvalue weighted by atomic mass is 16.6. The zero-order chi connectivity index (χ0) is 19.8. The minimum atomic E-state index is -0.514. The third kappa shape index (κ3) is 2.94. The van der Waals surface area contributed by atoms with Crippen LogP contribution in [-0.4, -0.2) is 21.7 Å². The van der Waals surface area contributed by atoms with Gasteiger partial charge in [-0.15, -0.1) is 0 Å². The van der Waals surface area contributed by atoms with Crippen molar-refractivity contribution >= 4 is 23.1 Å². The minimum Gasteiger partial charge on any atom is -0.508 e. The van der Waals surface area contributed by atoms with Gasteiger partial charge in [0.2, 0.25) is 5.91 Å². The number of ketones is 1. The Morgan fingerprint density at radius 1 is 1.04 bits per heavy atom. The van der Waals surface area contributed by atoms with Crippen LogP contribution in [0.1, 0.15) is 37.2 Å². The average Bonchev–Trinajstić information content (AvgIpc) is 2.68. The Kier molecular flexibility index (Phi) is 4.43. The number of para-hydroxylation sites is 2. The maximum absolute atomic E-state index is 13.1. The molecular weight excluding hydrogens is 360 g/mol. The number of nitrogens with zero attached hydrogens (tertiary/aromatic N) is 2. The minimum absolute atomic E-state index is 0.0320. The van der Waals surface area contributed by atoms with Crippen LogP contribution in [0.4, 0.5) is 11.4 Å². The van der Waals surface area contributed by atoms with E-state index in [1.54, 1.807) is 30.3 Å². The Labute approximate surface area is 161 Å². The fourth-order valence-corrected chi connectivity index (χ4v) is 4.07. The lowest BCUT2D eigenvalue weighted by Crippen LogP contribution is -2.40. The lowest BCUT2D eigenvalue weighted by atomic mass is 9.77. The van der Waals surface area contributed by atoms with Crippen LogP contribution in [0.5, 0.6) is 5.75 Å². The molecule has 0 saturated heterocycles. The summed E-state index contributed by atoms with van der Waals surface area (Å²) >= 11 is 0. The molecule has 0 aromatic heterocycles. The smallest absolute Gasteiger partial charge is 0.293 e. The molecule has 4 rings (SSSR count). The molecule has 0 fully saturated rings. The van der Waals surface area contributed by atoms with Gasteiger partial charge in [-0.05, 0) is 36.6 Å². The molecule has 1 amide bonds. The molecular formula is C21H18N2O5. The number of rotatable bonds is 3. The van der Waals surface area contributed by atoms with Crippen molar-refractivity contribution in [3.8, 4) is 5.75 Å². The van der Waals surface area contributed by atoms with Gasteiger partial charge in [0.25, 0.3) is 5.69 Å². The van der Waals surface area contributed by atoms with E-state index in [-0.39, 0.29) is 35.2 Å². The lowest BCUT2D eigenvalue weighted by molar-refractivity contribution is -0.384. The van der Waals surface area contributed by atoms with Gasteiger partial charge in [-0.3, -0.25) is 24.6 Å². The number of Topliss-reactive ketones (excluding diaryl/α,β-unsaturated/α-hetero) is 1. The first kappa shape index (κ1) is 17.9. The molecule has 0 radical (unpaired) electrons. The van der Waals surface area contributed by atoms with Gasteiger partial charge < -0.3 is 5.11 Å². The third-order valence-corrected chi connectivity index (χ3v) is 5.29. The van der Waals surface area contributed by atoms with Crippen molar-refractivity contribution in [1.29, 1.82) is 0 Å². The molecule has 7 heteroatoms. The Hall–Kier alpha value is -3.48. The number of benzene rings is 2. The quantitative estimate of drug-likeness (QED) is 0.646. The van der Waals surface area contributed by atoms with E-state index < -0.39 is 10.8 Å². The van der Waals surface area contributed by atoms with E-state index in [4.69, 9.17) is 0 Å². The second-order valence-electron chi connectivity index (χ2n) is 6.96. The molecule has 2 aliphatic rings. The van der Waals surface area contributed by atoms with Gasteiger partial charge in [0, 0.05) is 36.1 Å². The molecule has 2 aromatic carbocycles. The zero-order valence-electron chi connectivity index (χ0n) is 15.0.